The van der Waals surface area contributed by atoms with E-state index >= 15 is 0 Å². The second-order valence-corrected chi connectivity index (χ2v) is 9.29. The first-order valence-corrected chi connectivity index (χ1v) is 10.2. The molecule has 1 aliphatic carbocycles. The lowest BCUT2D eigenvalue weighted by molar-refractivity contribution is -0.141. The standard InChI is InChI=1S/C19H25NO4S/c1-12(2)25(24)15-9-7-13(8-10-15)18(21)20-16-6-4-3-5-14(16)11-17(20)19(22)23/h7-10,12,14,16-17H,3-6,11H2,1-2H3,(H,22,23). The average molecular weight is 363 g/mol. The molecule has 136 valence electrons. The molecule has 1 amide bonds. The van der Waals surface area contributed by atoms with Gasteiger partial charge in [0.15, 0.2) is 0 Å². The van der Waals surface area contributed by atoms with Gasteiger partial charge in [-0.05, 0) is 49.4 Å². The number of hydrogen-bond acceptors (Lipinski definition) is 3. The Morgan fingerprint density at radius 1 is 1.16 bits per heavy atom. The molecular formula is C19H25NO4S. The first-order chi connectivity index (χ1) is 11.9. The highest BCUT2D eigenvalue weighted by Gasteiger charge is 2.47. The first kappa shape index (κ1) is 18.1. The van der Waals surface area contributed by atoms with E-state index in [1.165, 1.54) is 0 Å². The van der Waals surface area contributed by atoms with Crippen molar-refractivity contribution >= 4 is 22.7 Å². The summed E-state index contributed by atoms with van der Waals surface area (Å²) >= 11 is 0. The van der Waals surface area contributed by atoms with Crippen LogP contribution in [0.25, 0.3) is 0 Å². The Kier molecular flexibility index (Phi) is 5.27. The maximum absolute atomic E-state index is 13.0. The van der Waals surface area contributed by atoms with E-state index in [1.54, 1.807) is 29.2 Å². The number of hydrogen-bond donors (Lipinski definition) is 1. The van der Waals surface area contributed by atoms with Gasteiger partial charge in [-0.15, -0.1) is 0 Å². The fourth-order valence-corrected chi connectivity index (χ4v) is 5.07. The molecule has 5 nitrogen and oxygen atoms in total. The van der Waals surface area contributed by atoms with Crippen LogP contribution in [-0.2, 0) is 15.6 Å². The summed E-state index contributed by atoms with van der Waals surface area (Å²) in [6.45, 7) is 3.78. The summed E-state index contributed by atoms with van der Waals surface area (Å²) in [5.74, 6) is -0.838. The van der Waals surface area contributed by atoms with Crippen LogP contribution in [0, 0.1) is 5.92 Å². The van der Waals surface area contributed by atoms with Gasteiger partial charge in [0.1, 0.15) is 6.04 Å². The number of carboxylic acid groups (broad SMARTS) is 1. The molecule has 2 aliphatic rings. The van der Waals surface area contributed by atoms with Crippen LogP contribution < -0.4 is 0 Å². The number of rotatable bonds is 4. The van der Waals surface area contributed by atoms with Gasteiger partial charge in [0.2, 0.25) is 0 Å². The highest BCUT2D eigenvalue weighted by atomic mass is 32.2. The van der Waals surface area contributed by atoms with E-state index in [-0.39, 0.29) is 17.2 Å². The van der Waals surface area contributed by atoms with Gasteiger partial charge in [0, 0.05) is 21.8 Å². The van der Waals surface area contributed by atoms with E-state index in [0.717, 1.165) is 25.7 Å². The van der Waals surface area contributed by atoms with Crippen molar-refractivity contribution in [1.82, 2.24) is 4.90 Å². The monoisotopic (exact) mass is 363 g/mol. The lowest BCUT2D eigenvalue weighted by Gasteiger charge is -2.33. The molecule has 1 aromatic carbocycles. The largest absolute Gasteiger partial charge is 0.480 e. The van der Waals surface area contributed by atoms with Crippen LogP contribution in [0.5, 0.6) is 0 Å². The minimum Gasteiger partial charge on any atom is -0.480 e. The smallest absolute Gasteiger partial charge is 0.326 e. The van der Waals surface area contributed by atoms with Crippen molar-refractivity contribution in [3.05, 3.63) is 29.8 Å². The van der Waals surface area contributed by atoms with Crippen LogP contribution in [-0.4, -0.2) is 43.4 Å². The Morgan fingerprint density at radius 3 is 2.40 bits per heavy atom. The number of carboxylic acids is 1. The van der Waals surface area contributed by atoms with E-state index in [0.29, 0.717) is 22.8 Å². The molecule has 1 saturated heterocycles. The molecule has 2 fully saturated rings. The van der Waals surface area contributed by atoms with Crippen molar-refractivity contribution in [3.63, 3.8) is 0 Å². The number of aliphatic carboxylic acids is 1. The summed E-state index contributed by atoms with van der Waals surface area (Å²) in [6, 6.07) is 6.08. The molecule has 4 unspecified atom stereocenters. The molecule has 6 heteroatoms. The topological polar surface area (TPSA) is 74.7 Å². The summed E-state index contributed by atoms with van der Waals surface area (Å²) in [7, 11) is -1.10. The predicted octanol–water partition coefficient (Wildman–Crippen LogP) is 3.06. The van der Waals surface area contributed by atoms with Gasteiger partial charge in [0.05, 0.1) is 10.8 Å². The van der Waals surface area contributed by atoms with Crippen molar-refractivity contribution in [3.8, 4) is 0 Å². The second-order valence-electron chi connectivity index (χ2n) is 7.28. The quantitative estimate of drug-likeness (QED) is 0.892. The average Bonchev–Trinajstić information content (AvgIpc) is 3.00. The number of carbonyl (C=O) groups excluding carboxylic acids is 1. The van der Waals surface area contributed by atoms with E-state index in [2.05, 4.69) is 0 Å². The normalized spacial score (nSPS) is 27.2. The van der Waals surface area contributed by atoms with E-state index < -0.39 is 22.8 Å². The summed E-state index contributed by atoms with van der Waals surface area (Å²) in [5, 5.41) is 9.58. The van der Waals surface area contributed by atoms with E-state index in [9.17, 15) is 18.9 Å². The van der Waals surface area contributed by atoms with Gasteiger partial charge < -0.3 is 10.0 Å². The Labute approximate surface area is 150 Å². The number of nitrogens with zero attached hydrogens (tertiary/aromatic N) is 1. The maximum atomic E-state index is 13.0. The van der Waals surface area contributed by atoms with E-state index in [1.807, 2.05) is 13.8 Å². The van der Waals surface area contributed by atoms with Crippen molar-refractivity contribution < 1.29 is 18.9 Å². The minimum absolute atomic E-state index is 0.0134. The Bertz CT molecular complexity index is 685. The zero-order valence-corrected chi connectivity index (χ0v) is 15.5. The van der Waals surface area contributed by atoms with E-state index in [4.69, 9.17) is 0 Å². The van der Waals surface area contributed by atoms with Gasteiger partial charge >= 0.3 is 5.97 Å². The molecule has 0 bridgehead atoms. The lowest BCUT2D eigenvalue weighted by atomic mass is 9.84. The number of fused-ring (bicyclic) bond motifs is 1. The summed E-state index contributed by atoms with van der Waals surface area (Å²) in [6.07, 6.45) is 4.61. The number of carbonyl (C=O) groups is 2. The highest BCUT2D eigenvalue weighted by molar-refractivity contribution is 7.85. The molecule has 1 saturated carbocycles. The highest BCUT2D eigenvalue weighted by Crippen LogP contribution is 2.40. The van der Waals surface area contributed by atoms with Crippen LogP contribution in [0.15, 0.2) is 29.2 Å². The third-order valence-corrected chi connectivity index (χ3v) is 6.96. The minimum atomic E-state index is -1.10. The number of amides is 1. The molecule has 1 aromatic rings. The SMILES string of the molecule is CC(C)S(=O)c1ccc(C(=O)N2C(C(=O)O)CC3CCCCC32)cc1. The predicted molar refractivity (Wildman–Crippen MR) is 95.9 cm³/mol. The molecule has 3 rings (SSSR count). The fourth-order valence-electron chi connectivity index (χ4n) is 4.13. The molecule has 0 spiro atoms. The number of likely N-dealkylation sites (tertiary alicyclic amines) is 1. The molecule has 4 atom stereocenters. The molecule has 0 aromatic heterocycles. The van der Waals surface area contributed by atoms with Crippen LogP contribution >= 0.6 is 0 Å². The van der Waals surface area contributed by atoms with Crippen LogP contribution in [0.3, 0.4) is 0 Å². The molecule has 0 radical (unpaired) electrons. The molecule has 1 heterocycles. The summed E-state index contributed by atoms with van der Waals surface area (Å²) in [5.41, 5.74) is 0.474. The van der Waals surface area contributed by atoms with Gasteiger partial charge in [-0.2, -0.15) is 0 Å². The Morgan fingerprint density at radius 2 is 1.80 bits per heavy atom. The zero-order chi connectivity index (χ0) is 18.1. The van der Waals surface area contributed by atoms with Crippen molar-refractivity contribution in [1.29, 1.82) is 0 Å². The maximum Gasteiger partial charge on any atom is 0.326 e. The van der Waals surface area contributed by atoms with Crippen molar-refractivity contribution in [2.75, 3.05) is 0 Å². The number of benzene rings is 1. The third kappa shape index (κ3) is 3.50. The van der Waals surface area contributed by atoms with Crippen LogP contribution in [0.1, 0.15) is 56.3 Å². The molecule has 1 aliphatic heterocycles. The summed E-state index contributed by atoms with van der Waals surface area (Å²) in [4.78, 5) is 27.0. The van der Waals surface area contributed by atoms with Crippen LogP contribution in [0.2, 0.25) is 0 Å². The molecule has 25 heavy (non-hydrogen) atoms. The van der Waals surface area contributed by atoms with Crippen molar-refractivity contribution in [2.45, 2.75) is 68.2 Å². The van der Waals surface area contributed by atoms with Gasteiger partial charge in [0.25, 0.3) is 5.91 Å². The second kappa shape index (κ2) is 7.28. The van der Waals surface area contributed by atoms with Gasteiger partial charge in [-0.1, -0.05) is 26.7 Å². The zero-order valence-electron chi connectivity index (χ0n) is 14.7. The first-order valence-electron chi connectivity index (χ1n) is 8.96. The third-order valence-electron chi connectivity index (χ3n) is 5.37. The van der Waals surface area contributed by atoms with Crippen molar-refractivity contribution in [2.24, 2.45) is 5.92 Å². The molecular weight excluding hydrogens is 338 g/mol. The lowest BCUT2D eigenvalue weighted by Crippen LogP contribution is -2.46. The molecule has 1 N–H and O–H groups in total. The van der Waals surface area contributed by atoms with Gasteiger partial charge in [-0.25, -0.2) is 4.79 Å². The van der Waals surface area contributed by atoms with Crippen LogP contribution in [0.4, 0.5) is 0 Å². The Hall–Kier alpha value is -1.69. The summed E-state index contributed by atoms with van der Waals surface area (Å²) < 4.78 is 12.1. The Balaban J connectivity index is 1.85. The fraction of sp³-hybridized carbons (Fsp3) is 0.579. The van der Waals surface area contributed by atoms with Gasteiger partial charge in [-0.3, -0.25) is 9.00 Å².